The van der Waals surface area contributed by atoms with Crippen molar-refractivity contribution in [2.24, 2.45) is 0 Å². The number of piperidine rings is 1. The maximum atomic E-state index is 12.9. The number of aliphatic carboxylic acids is 1. The molecule has 1 saturated heterocycles. The summed E-state index contributed by atoms with van der Waals surface area (Å²) in [7, 11) is 0. The summed E-state index contributed by atoms with van der Waals surface area (Å²) in [6.07, 6.45) is 5.25. The first-order valence-electron chi connectivity index (χ1n) is 8.20. The van der Waals surface area contributed by atoms with Crippen LogP contribution in [-0.2, 0) is 9.59 Å². The highest BCUT2D eigenvalue weighted by atomic mass is 35.5. The number of carboxylic acids is 1. The Balaban J connectivity index is 1.78. The molecule has 5 nitrogen and oxygen atoms in total. The number of benzene rings is 1. The Hall–Kier alpha value is -2.01. The van der Waals surface area contributed by atoms with E-state index >= 15 is 0 Å². The van der Waals surface area contributed by atoms with Gasteiger partial charge in [-0.3, -0.25) is 9.59 Å². The summed E-state index contributed by atoms with van der Waals surface area (Å²) in [5.74, 6) is -0.163. The molecule has 24 heavy (non-hydrogen) atoms. The molecule has 0 radical (unpaired) electrons. The molecule has 1 unspecified atom stereocenters. The van der Waals surface area contributed by atoms with Crippen molar-refractivity contribution in [1.29, 1.82) is 0 Å². The van der Waals surface area contributed by atoms with Crippen LogP contribution in [0, 0.1) is 0 Å². The number of carbonyl (C=O) groups excluding carboxylic acids is 1. The smallest absolute Gasteiger partial charge is 0.303 e. The number of carbonyl (C=O) groups is 2. The molecule has 0 aliphatic carbocycles. The van der Waals surface area contributed by atoms with Crippen molar-refractivity contribution in [3.63, 3.8) is 0 Å². The van der Waals surface area contributed by atoms with Gasteiger partial charge in [-0.1, -0.05) is 11.6 Å². The molecule has 128 valence electrons. The van der Waals surface area contributed by atoms with Gasteiger partial charge in [-0.2, -0.15) is 0 Å². The number of ether oxygens (including phenoxy) is 1. The number of carboxylic acid groups (broad SMARTS) is 1. The molecule has 0 bridgehead atoms. The maximum Gasteiger partial charge on any atom is 0.303 e. The largest absolute Gasteiger partial charge is 0.488 e. The molecule has 2 aliphatic rings. The summed E-state index contributed by atoms with van der Waals surface area (Å²) in [6, 6.07) is 5.32. The van der Waals surface area contributed by atoms with Gasteiger partial charge >= 0.3 is 5.97 Å². The van der Waals surface area contributed by atoms with E-state index in [-0.39, 0.29) is 25.0 Å². The monoisotopic (exact) mass is 349 g/mol. The molecule has 1 aromatic carbocycles. The van der Waals surface area contributed by atoms with E-state index in [1.807, 2.05) is 11.0 Å². The molecule has 0 saturated carbocycles. The van der Waals surface area contributed by atoms with E-state index in [0.29, 0.717) is 23.6 Å². The number of likely N-dealkylation sites (tertiary alicyclic amines) is 1. The summed E-state index contributed by atoms with van der Waals surface area (Å²) in [6.45, 7) is 0.901. The molecule has 1 fully saturated rings. The third-order valence-electron chi connectivity index (χ3n) is 4.54. The standard InChI is InChI=1S/C18H20ClNO4/c19-14-4-6-16-12(10-14)9-13(11-24-16)18(23)20-8-2-1-3-15(20)5-7-17(21)22/h4,6,9-10,15H,1-3,5,7-8,11H2,(H,21,22). The highest BCUT2D eigenvalue weighted by Gasteiger charge is 2.30. The second-order valence-corrected chi connectivity index (χ2v) is 6.66. The second-order valence-electron chi connectivity index (χ2n) is 6.22. The lowest BCUT2D eigenvalue weighted by atomic mass is 9.96. The van der Waals surface area contributed by atoms with Crippen molar-refractivity contribution in [3.05, 3.63) is 34.4 Å². The molecule has 0 spiro atoms. The number of rotatable bonds is 4. The average Bonchev–Trinajstić information content (AvgIpc) is 2.59. The summed E-state index contributed by atoms with van der Waals surface area (Å²) in [4.78, 5) is 25.6. The van der Waals surface area contributed by atoms with Crippen LogP contribution < -0.4 is 4.74 Å². The van der Waals surface area contributed by atoms with Crippen LogP contribution >= 0.6 is 11.6 Å². The van der Waals surface area contributed by atoms with Crippen LogP contribution in [0.3, 0.4) is 0 Å². The van der Waals surface area contributed by atoms with Crippen LogP contribution in [0.25, 0.3) is 6.08 Å². The summed E-state index contributed by atoms with van der Waals surface area (Å²) < 4.78 is 5.67. The SMILES string of the molecule is O=C(O)CCC1CCCCN1C(=O)C1=Cc2cc(Cl)ccc2OC1. The minimum absolute atomic E-state index is 0.0102. The van der Waals surface area contributed by atoms with Gasteiger partial charge in [-0.05, 0) is 50.0 Å². The minimum atomic E-state index is -0.822. The van der Waals surface area contributed by atoms with Gasteiger partial charge in [0, 0.05) is 29.6 Å². The van der Waals surface area contributed by atoms with E-state index in [2.05, 4.69) is 0 Å². The fourth-order valence-electron chi connectivity index (χ4n) is 3.31. The van der Waals surface area contributed by atoms with Gasteiger partial charge in [0.05, 0.1) is 5.57 Å². The molecule has 1 amide bonds. The van der Waals surface area contributed by atoms with Gasteiger partial charge < -0.3 is 14.7 Å². The predicted molar refractivity (Wildman–Crippen MR) is 91.1 cm³/mol. The van der Waals surface area contributed by atoms with Crippen LogP contribution in [0.2, 0.25) is 5.02 Å². The normalized spacial score (nSPS) is 20.0. The predicted octanol–water partition coefficient (Wildman–Crippen LogP) is 3.36. The van der Waals surface area contributed by atoms with Crippen molar-refractivity contribution in [3.8, 4) is 5.75 Å². The highest BCUT2D eigenvalue weighted by molar-refractivity contribution is 6.30. The molecule has 2 heterocycles. The van der Waals surface area contributed by atoms with Crippen molar-refractivity contribution >= 4 is 29.6 Å². The zero-order chi connectivity index (χ0) is 17.1. The third-order valence-corrected chi connectivity index (χ3v) is 4.77. The Bertz CT molecular complexity index is 686. The fourth-order valence-corrected chi connectivity index (χ4v) is 3.50. The van der Waals surface area contributed by atoms with Gasteiger partial charge in [-0.25, -0.2) is 0 Å². The Morgan fingerprint density at radius 3 is 2.96 bits per heavy atom. The quantitative estimate of drug-likeness (QED) is 0.905. The zero-order valence-electron chi connectivity index (χ0n) is 13.3. The topological polar surface area (TPSA) is 66.8 Å². The van der Waals surface area contributed by atoms with Gasteiger partial charge in [-0.15, -0.1) is 0 Å². The number of hydrogen-bond acceptors (Lipinski definition) is 3. The first-order valence-corrected chi connectivity index (χ1v) is 8.58. The first kappa shape index (κ1) is 16.8. The molecule has 1 atom stereocenters. The molecule has 1 aromatic rings. The Labute approximate surface area is 145 Å². The van der Waals surface area contributed by atoms with Crippen LogP contribution in [0.15, 0.2) is 23.8 Å². The van der Waals surface area contributed by atoms with Gasteiger partial charge in [0.15, 0.2) is 0 Å². The molecular formula is C18H20ClNO4. The number of amides is 1. The first-order chi connectivity index (χ1) is 11.5. The van der Waals surface area contributed by atoms with Crippen molar-refractivity contribution < 1.29 is 19.4 Å². The number of nitrogens with zero attached hydrogens (tertiary/aromatic N) is 1. The van der Waals surface area contributed by atoms with E-state index in [1.54, 1.807) is 18.2 Å². The van der Waals surface area contributed by atoms with E-state index < -0.39 is 5.97 Å². The number of hydrogen-bond donors (Lipinski definition) is 1. The minimum Gasteiger partial charge on any atom is -0.488 e. The van der Waals surface area contributed by atoms with Gasteiger partial charge in [0.2, 0.25) is 0 Å². The van der Waals surface area contributed by atoms with Crippen LogP contribution in [0.5, 0.6) is 5.75 Å². The molecule has 6 heteroatoms. The van der Waals surface area contributed by atoms with E-state index in [9.17, 15) is 9.59 Å². The van der Waals surface area contributed by atoms with Gasteiger partial charge in [0.25, 0.3) is 5.91 Å². The molecule has 0 aromatic heterocycles. The fraction of sp³-hybridized carbons (Fsp3) is 0.444. The Morgan fingerprint density at radius 1 is 1.33 bits per heavy atom. The number of fused-ring (bicyclic) bond motifs is 1. The van der Waals surface area contributed by atoms with E-state index in [4.69, 9.17) is 21.4 Å². The van der Waals surface area contributed by atoms with Crippen LogP contribution in [-0.4, -0.2) is 41.1 Å². The Morgan fingerprint density at radius 2 is 2.17 bits per heavy atom. The lowest BCUT2D eigenvalue weighted by Crippen LogP contribution is -2.45. The highest BCUT2D eigenvalue weighted by Crippen LogP contribution is 2.31. The third kappa shape index (κ3) is 3.73. The van der Waals surface area contributed by atoms with Gasteiger partial charge in [0.1, 0.15) is 12.4 Å². The second kappa shape index (κ2) is 7.26. The van der Waals surface area contributed by atoms with E-state index in [1.165, 1.54) is 0 Å². The molecule has 3 rings (SSSR count). The average molecular weight is 350 g/mol. The van der Waals surface area contributed by atoms with E-state index in [0.717, 1.165) is 30.6 Å². The lowest BCUT2D eigenvalue weighted by Gasteiger charge is -2.36. The van der Waals surface area contributed by atoms with Crippen molar-refractivity contribution in [1.82, 2.24) is 4.90 Å². The Kier molecular flexibility index (Phi) is 5.09. The number of halogens is 1. The zero-order valence-corrected chi connectivity index (χ0v) is 14.1. The summed E-state index contributed by atoms with van der Waals surface area (Å²) in [5.41, 5.74) is 1.39. The summed E-state index contributed by atoms with van der Waals surface area (Å²) in [5, 5.41) is 9.50. The van der Waals surface area contributed by atoms with Crippen molar-refractivity contribution in [2.75, 3.05) is 13.2 Å². The molecular weight excluding hydrogens is 330 g/mol. The molecule has 1 N–H and O–H groups in total. The van der Waals surface area contributed by atoms with Crippen LogP contribution in [0.1, 0.15) is 37.7 Å². The van der Waals surface area contributed by atoms with Crippen molar-refractivity contribution in [2.45, 2.75) is 38.1 Å². The maximum absolute atomic E-state index is 12.9. The lowest BCUT2D eigenvalue weighted by molar-refractivity contribution is -0.139. The van der Waals surface area contributed by atoms with Crippen LogP contribution in [0.4, 0.5) is 0 Å². The molecule has 2 aliphatic heterocycles. The summed E-state index contributed by atoms with van der Waals surface area (Å²) >= 11 is 6.01.